The number of rotatable bonds is 6. The molecule has 0 bridgehead atoms. The highest BCUT2D eigenvalue weighted by molar-refractivity contribution is 5.89. The highest BCUT2D eigenvalue weighted by Gasteiger charge is 2.10. The van der Waals surface area contributed by atoms with Gasteiger partial charge < -0.3 is 15.5 Å². The molecule has 1 aromatic carbocycles. The van der Waals surface area contributed by atoms with Gasteiger partial charge in [-0.1, -0.05) is 12.1 Å². The van der Waals surface area contributed by atoms with Gasteiger partial charge in [0.25, 0.3) is 5.56 Å². The molecule has 6 heteroatoms. The van der Waals surface area contributed by atoms with Crippen molar-refractivity contribution in [2.75, 3.05) is 13.7 Å². The number of esters is 1. The highest BCUT2D eigenvalue weighted by Crippen LogP contribution is 2.15. The van der Waals surface area contributed by atoms with Crippen molar-refractivity contribution >= 4 is 17.9 Å². The topological polar surface area (TPSA) is 84.2 Å². The maximum atomic E-state index is 12.2. The fraction of sp³-hybridized carbons (Fsp3) is 0.167. The predicted molar refractivity (Wildman–Crippen MR) is 93.8 cm³/mol. The molecular weight excluding hydrogens is 306 g/mol. The van der Waals surface area contributed by atoms with Crippen LogP contribution >= 0.6 is 0 Å². The maximum Gasteiger partial charge on any atom is 0.339 e. The molecule has 0 fully saturated rings. The third-order valence-electron chi connectivity index (χ3n) is 3.38. The molecule has 124 valence electrons. The molecule has 0 radical (unpaired) electrons. The van der Waals surface area contributed by atoms with E-state index in [0.717, 1.165) is 11.3 Å². The molecule has 0 aliphatic carbocycles. The van der Waals surface area contributed by atoms with E-state index in [1.807, 2.05) is 18.2 Å². The highest BCUT2D eigenvalue weighted by atomic mass is 16.5. The van der Waals surface area contributed by atoms with E-state index in [9.17, 15) is 9.59 Å². The largest absolute Gasteiger partial charge is 0.462 e. The van der Waals surface area contributed by atoms with Gasteiger partial charge in [0.15, 0.2) is 0 Å². The first kappa shape index (κ1) is 17.2. The fourth-order valence-corrected chi connectivity index (χ4v) is 2.25. The monoisotopic (exact) mass is 325 g/mol. The van der Waals surface area contributed by atoms with Gasteiger partial charge in [-0.3, -0.25) is 9.36 Å². The first-order valence-electron chi connectivity index (χ1n) is 7.49. The number of hydrogen-bond acceptors (Lipinski definition) is 5. The van der Waals surface area contributed by atoms with Crippen molar-refractivity contribution in [2.45, 2.75) is 6.92 Å². The average Bonchev–Trinajstić information content (AvgIpc) is 2.60. The van der Waals surface area contributed by atoms with Crippen LogP contribution in [0.3, 0.4) is 0 Å². The van der Waals surface area contributed by atoms with Crippen LogP contribution in [-0.2, 0) is 4.74 Å². The van der Waals surface area contributed by atoms with Crippen LogP contribution < -0.4 is 10.9 Å². The van der Waals surface area contributed by atoms with Gasteiger partial charge in [-0.25, -0.2) is 4.79 Å². The van der Waals surface area contributed by atoms with Gasteiger partial charge in [0.05, 0.1) is 12.2 Å². The van der Waals surface area contributed by atoms with E-state index in [4.69, 9.17) is 10.1 Å². The van der Waals surface area contributed by atoms with Crippen LogP contribution in [0, 0.1) is 5.41 Å². The Bertz CT molecular complexity index is 837. The summed E-state index contributed by atoms with van der Waals surface area (Å²) in [6.07, 6.45) is 4.28. The molecule has 1 aromatic heterocycles. The number of pyridine rings is 1. The smallest absolute Gasteiger partial charge is 0.339 e. The fourth-order valence-electron chi connectivity index (χ4n) is 2.25. The number of ether oxygens (including phenoxy) is 1. The molecule has 0 spiro atoms. The van der Waals surface area contributed by atoms with E-state index in [2.05, 4.69) is 5.32 Å². The molecule has 0 aliphatic heterocycles. The maximum absolute atomic E-state index is 12.2. The number of carbonyl (C=O) groups excluding carboxylic acids is 1. The summed E-state index contributed by atoms with van der Waals surface area (Å²) < 4.78 is 6.37. The third-order valence-corrected chi connectivity index (χ3v) is 3.38. The Morgan fingerprint density at radius 3 is 2.75 bits per heavy atom. The van der Waals surface area contributed by atoms with Crippen molar-refractivity contribution in [3.05, 3.63) is 70.2 Å². The van der Waals surface area contributed by atoms with Gasteiger partial charge in [0.2, 0.25) is 0 Å². The lowest BCUT2D eigenvalue weighted by Crippen LogP contribution is -2.19. The lowest BCUT2D eigenvalue weighted by Gasteiger charge is -2.11. The Labute approximate surface area is 139 Å². The Kier molecular flexibility index (Phi) is 5.68. The van der Waals surface area contributed by atoms with E-state index < -0.39 is 5.97 Å². The molecule has 2 aromatic rings. The van der Waals surface area contributed by atoms with Crippen LogP contribution in [0.2, 0.25) is 0 Å². The second kappa shape index (κ2) is 7.92. The Morgan fingerprint density at radius 1 is 1.29 bits per heavy atom. The Balaban J connectivity index is 2.50. The molecule has 6 nitrogen and oxygen atoms in total. The van der Waals surface area contributed by atoms with Crippen molar-refractivity contribution in [3.8, 4) is 5.69 Å². The summed E-state index contributed by atoms with van der Waals surface area (Å²) in [5, 5.41) is 10.2. The molecule has 0 atom stereocenters. The van der Waals surface area contributed by atoms with Crippen molar-refractivity contribution in [2.24, 2.45) is 0 Å². The summed E-state index contributed by atoms with van der Waals surface area (Å²) in [4.78, 5) is 24.0. The number of allylic oxidation sites excluding steroid dienone is 1. The normalized spacial score (nSPS) is 11.0. The molecule has 1 heterocycles. The minimum Gasteiger partial charge on any atom is -0.462 e. The van der Waals surface area contributed by atoms with Gasteiger partial charge in [-0.05, 0) is 36.8 Å². The lowest BCUT2D eigenvalue weighted by molar-refractivity contribution is 0.0525. The van der Waals surface area contributed by atoms with E-state index >= 15 is 0 Å². The van der Waals surface area contributed by atoms with Crippen molar-refractivity contribution in [1.29, 1.82) is 5.41 Å². The second-order valence-corrected chi connectivity index (χ2v) is 4.89. The van der Waals surface area contributed by atoms with Crippen LogP contribution in [0.1, 0.15) is 22.8 Å². The minimum absolute atomic E-state index is 0.248. The van der Waals surface area contributed by atoms with E-state index in [-0.39, 0.29) is 12.2 Å². The van der Waals surface area contributed by atoms with Gasteiger partial charge in [-0.15, -0.1) is 0 Å². The van der Waals surface area contributed by atoms with E-state index in [1.165, 1.54) is 29.1 Å². The molecule has 2 N–H and O–H groups in total. The van der Waals surface area contributed by atoms with Gasteiger partial charge >= 0.3 is 5.97 Å². The van der Waals surface area contributed by atoms with Crippen LogP contribution in [0.5, 0.6) is 0 Å². The van der Waals surface area contributed by atoms with Gasteiger partial charge in [-0.2, -0.15) is 0 Å². The summed E-state index contributed by atoms with van der Waals surface area (Å²) in [6.45, 7) is 2.00. The van der Waals surface area contributed by atoms with Crippen molar-refractivity contribution in [3.63, 3.8) is 0 Å². The average molecular weight is 325 g/mol. The lowest BCUT2D eigenvalue weighted by atomic mass is 10.1. The molecule has 0 unspecified atom stereocenters. The van der Waals surface area contributed by atoms with Crippen LogP contribution in [0.25, 0.3) is 11.4 Å². The predicted octanol–water partition coefficient (Wildman–Crippen LogP) is 2.22. The molecule has 0 aliphatic rings. The molecule has 2 rings (SSSR count). The zero-order chi connectivity index (χ0) is 17.5. The Hall–Kier alpha value is -3.15. The Morgan fingerprint density at radius 2 is 2.08 bits per heavy atom. The summed E-state index contributed by atoms with van der Waals surface area (Å²) in [6, 6.07) is 10.1. The number of nitrogens with zero attached hydrogens (tertiary/aromatic N) is 1. The minimum atomic E-state index is -0.470. The van der Waals surface area contributed by atoms with Gasteiger partial charge in [0.1, 0.15) is 0 Å². The first-order valence-corrected chi connectivity index (χ1v) is 7.49. The number of carbonyl (C=O) groups is 1. The summed E-state index contributed by atoms with van der Waals surface area (Å²) in [5.74, 6) is -0.470. The second-order valence-electron chi connectivity index (χ2n) is 4.89. The molecule has 0 saturated carbocycles. The molecule has 0 saturated heterocycles. The van der Waals surface area contributed by atoms with Crippen LogP contribution in [-0.4, -0.2) is 30.4 Å². The quantitative estimate of drug-likeness (QED) is 0.630. The number of hydrogen-bond donors (Lipinski definition) is 2. The molecular formula is C18H19N3O3. The molecule has 24 heavy (non-hydrogen) atoms. The zero-order valence-corrected chi connectivity index (χ0v) is 13.6. The van der Waals surface area contributed by atoms with E-state index in [0.29, 0.717) is 11.3 Å². The van der Waals surface area contributed by atoms with E-state index in [1.54, 1.807) is 26.1 Å². The van der Waals surface area contributed by atoms with Crippen molar-refractivity contribution < 1.29 is 9.53 Å². The summed E-state index contributed by atoms with van der Waals surface area (Å²) in [5.41, 5.74) is 2.26. The zero-order valence-electron chi connectivity index (χ0n) is 13.6. The molecule has 0 amide bonds. The van der Waals surface area contributed by atoms with Crippen LogP contribution in [0.15, 0.2) is 53.5 Å². The number of aromatic nitrogens is 1. The first-order chi connectivity index (χ1) is 11.6. The van der Waals surface area contributed by atoms with Crippen molar-refractivity contribution in [1.82, 2.24) is 9.88 Å². The summed E-state index contributed by atoms with van der Waals surface area (Å²) >= 11 is 0. The summed E-state index contributed by atoms with van der Waals surface area (Å²) in [7, 11) is 1.76. The third kappa shape index (κ3) is 3.78. The van der Waals surface area contributed by atoms with Crippen LogP contribution in [0.4, 0.5) is 0 Å². The van der Waals surface area contributed by atoms with Gasteiger partial charge in [0, 0.05) is 36.9 Å². The number of nitrogens with one attached hydrogen (secondary N) is 2. The number of benzene rings is 1. The standard InChI is InChI=1S/C18H19N3O3/c1-3-24-18(23)14-7-8-17(22)21(12-14)15-6-4-5-13(11-15)16(20-2)9-10-19/h4-12,19-20H,3H2,1-2H3/b16-9-,19-10?. The SMILES string of the molecule is CCOC(=O)c1ccc(=O)n(-c2cccc(/C(=C/C=N)NC)c2)c1.